The van der Waals surface area contributed by atoms with Crippen molar-refractivity contribution in [1.29, 1.82) is 0 Å². The lowest BCUT2D eigenvalue weighted by Crippen LogP contribution is -2.17. The predicted octanol–water partition coefficient (Wildman–Crippen LogP) is 2.53. The Balaban J connectivity index is 2.29. The number of hydrogen-bond donors (Lipinski definition) is 2. The number of ether oxygens (including phenoxy) is 1. The average molecular weight is 325 g/mol. The molecule has 0 aliphatic heterocycles. The largest absolute Gasteiger partial charge is 0.573 e. The van der Waals surface area contributed by atoms with Gasteiger partial charge in [0.15, 0.2) is 0 Å². The van der Waals surface area contributed by atoms with Crippen molar-refractivity contribution in [3.05, 3.63) is 41.1 Å². The van der Waals surface area contributed by atoms with E-state index in [1.165, 1.54) is 10.8 Å². The molecule has 6 nitrogen and oxygen atoms in total. The standard InChI is InChI=1S/C14H10F3N3O3/c1-20-5-9(11-12(20)13(22)19-6-18-11)8-4-7(21)2-3-10(8)23-14(15,16)17/h2-6,21H,1H3,(H,18,19,22). The van der Waals surface area contributed by atoms with Crippen LogP contribution in [-0.2, 0) is 7.05 Å². The molecule has 0 saturated carbocycles. The summed E-state index contributed by atoms with van der Waals surface area (Å²) in [6.45, 7) is 0. The van der Waals surface area contributed by atoms with E-state index in [-0.39, 0.29) is 27.9 Å². The second-order valence-electron chi connectivity index (χ2n) is 4.81. The van der Waals surface area contributed by atoms with Crippen molar-refractivity contribution < 1.29 is 23.0 Å². The van der Waals surface area contributed by atoms with E-state index in [2.05, 4.69) is 14.7 Å². The number of aromatic amines is 1. The van der Waals surface area contributed by atoms with Gasteiger partial charge in [-0.25, -0.2) is 4.98 Å². The molecular weight excluding hydrogens is 315 g/mol. The molecule has 0 saturated heterocycles. The third-order valence-corrected chi connectivity index (χ3v) is 3.24. The van der Waals surface area contributed by atoms with Crippen LogP contribution in [0.15, 0.2) is 35.5 Å². The summed E-state index contributed by atoms with van der Waals surface area (Å²) in [4.78, 5) is 18.3. The highest BCUT2D eigenvalue weighted by molar-refractivity contribution is 5.94. The summed E-state index contributed by atoms with van der Waals surface area (Å²) in [5, 5.41) is 9.60. The van der Waals surface area contributed by atoms with Gasteiger partial charge in [0.2, 0.25) is 0 Å². The number of phenols is 1. The summed E-state index contributed by atoms with van der Waals surface area (Å²) >= 11 is 0. The van der Waals surface area contributed by atoms with Gasteiger partial charge in [-0.05, 0) is 18.2 Å². The third-order valence-electron chi connectivity index (χ3n) is 3.24. The van der Waals surface area contributed by atoms with Gasteiger partial charge in [0.25, 0.3) is 5.56 Å². The van der Waals surface area contributed by atoms with E-state index in [1.807, 2.05) is 0 Å². The summed E-state index contributed by atoms with van der Waals surface area (Å²) in [7, 11) is 1.57. The monoisotopic (exact) mass is 325 g/mol. The molecule has 3 rings (SSSR count). The number of nitrogens with one attached hydrogen (secondary N) is 1. The molecule has 2 aromatic heterocycles. The molecule has 2 heterocycles. The van der Waals surface area contributed by atoms with E-state index < -0.39 is 17.7 Å². The molecular formula is C14H10F3N3O3. The normalized spacial score (nSPS) is 11.8. The van der Waals surface area contributed by atoms with Gasteiger partial charge in [0.1, 0.15) is 22.5 Å². The molecule has 0 fully saturated rings. The molecule has 0 aliphatic rings. The fourth-order valence-corrected chi connectivity index (χ4v) is 2.38. The summed E-state index contributed by atoms with van der Waals surface area (Å²) in [5.41, 5.74) is 0.189. The van der Waals surface area contributed by atoms with Gasteiger partial charge in [-0.3, -0.25) is 4.79 Å². The molecule has 3 aromatic rings. The first-order valence-corrected chi connectivity index (χ1v) is 6.38. The maximum Gasteiger partial charge on any atom is 0.573 e. The van der Waals surface area contributed by atoms with E-state index in [4.69, 9.17) is 0 Å². The van der Waals surface area contributed by atoms with Gasteiger partial charge in [-0.1, -0.05) is 0 Å². The summed E-state index contributed by atoms with van der Waals surface area (Å²) < 4.78 is 43.1. The molecule has 0 radical (unpaired) electrons. The van der Waals surface area contributed by atoms with Crippen LogP contribution >= 0.6 is 0 Å². The van der Waals surface area contributed by atoms with Gasteiger partial charge in [-0.15, -0.1) is 13.2 Å². The quantitative estimate of drug-likeness (QED) is 0.759. The number of aromatic nitrogens is 3. The Bertz CT molecular complexity index is 944. The van der Waals surface area contributed by atoms with Crippen molar-refractivity contribution in [2.24, 2.45) is 7.05 Å². The zero-order chi connectivity index (χ0) is 16.8. The van der Waals surface area contributed by atoms with E-state index >= 15 is 0 Å². The lowest BCUT2D eigenvalue weighted by Gasteiger charge is -2.13. The summed E-state index contributed by atoms with van der Waals surface area (Å²) in [5.74, 6) is -0.735. The van der Waals surface area contributed by atoms with E-state index in [0.717, 1.165) is 24.5 Å². The second kappa shape index (κ2) is 5.04. The lowest BCUT2D eigenvalue weighted by atomic mass is 10.1. The van der Waals surface area contributed by atoms with Crippen molar-refractivity contribution >= 4 is 11.0 Å². The van der Waals surface area contributed by atoms with E-state index in [9.17, 15) is 23.1 Å². The summed E-state index contributed by atoms with van der Waals surface area (Å²) in [6, 6.07) is 3.21. The van der Waals surface area contributed by atoms with E-state index in [1.54, 1.807) is 7.05 Å². The number of aryl methyl sites for hydroxylation is 1. The van der Waals surface area contributed by atoms with Crippen molar-refractivity contribution in [3.8, 4) is 22.6 Å². The van der Waals surface area contributed by atoms with Crippen LogP contribution in [0.25, 0.3) is 22.2 Å². The molecule has 1 aromatic carbocycles. The van der Waals surface area contributed by atoms with Crippen LogP contribution in [0.2, 0.25) is 0 Å². The number of halogens is 3. The molecule has 0 amide bonds. The molecule has 23 heavy (non-hydrogen) atoms. The molecule has 0 unspecified atom stereocenters. The highest BCUT2D eigenvalue weighted by atomic mass is 19.4. The minimum absolute atomic E-state index is 0.0222. The highest BCUT2D eigenvalue weighted by Crippen LogP contribution is 2.38. The van der Waals surface area contributed by atoms with Crippen molar-refractivity contribution in [1.82, 2.24) is 14.5 Å². The van der Waals surface area contributed by atoms with Crippen molar-refractivity contribution in [3.63, 3.8) is 0 Å². The average Bonchev–Trinajstić information content (AvgIpc) is 2.78. The van der Waals surface area contributed by atoms with E-state index in [0.29, 0.717) is 0 Å². The molecule has 0 bridgehead atoms. The number of H-pyrrole nitrogens is 1. The predicted molar refractivity (Wildman–Crippen MR) is 75.1 cm³/mol. The molecule has 120 valence electrons. The number of aromatic hydroxyl groups is 1. The van der Waals surface area contributed by atoms with Crippen LogP contribution in [0, 0.1) is 0 Å². The molecule has 2 N–H and O–H groups in total. The van der Waals surface area contributed by atoms with Gasteiger partial charge in [-0.2, -0.15) is 0 Å². The Hall–Kier alpha value is -2.97. The summed E-state index contributed by atoms with van der Waals surface area (Å²) in [6.07, 6.45) is -2.28. The van der Waals surface area contributed by atoms with Gasteiger partial charge >= 0.3 is 6.36 Å². The number of rotatable bonds is 2. The fourth-order valence-electron chi connectivity index (χ4n) is 2.38. The molecule has 0 aliphatic carbocycles. The van der Waals surface area contributed by atoms with Crippen molar-refractivity contribution in [2.45, 2.75) is 6.36 Å². The number of benzene rings is 1. The highest BCUT2D eigenvalue weighted by Gasteiger charge is 2.32. The van der Waals surface area contributed by atoms with Crippen LogP contribution in [0.3, 0.4) is 0 Å². The van der Waals surface area contributed by atoms with Crippen LogP contribution < -0.4 is 10.3 Å². The van der Waals surface area contributed by atoms with Crippen LogP contribution in [0.4, 0.5) is 13.2 Å². The second-order valence-corrected chi connectivity index (χ2v) is 4.81. The Morgan fingerprint density at radius 1 is 1.30 bits per heavy atom. The van der Waals surface area contributed by atoms with Gasteiger partial charge < -0.3 is 19.4 Å². The molecule has 0 atom stereocenters. The molecule has 0 spiro atoms. The first-order valence-electron chi connectivity index (χ1n) is 6.38. The first-order chi connectivity index (χ1) is 10.8. The zero-order valence-corrected chi connectivity index (χ0v) is 11.7. The fraction of sp³-hybridized carbons (Fsp3) is 0.143. The minimum Gasteiger partial charge on any atom is -0.508 e. The van der Waals surface area contributed by atoms with Crippen LogP contribution in [-0.4, -0.2) is 26.0 Å². The van der Waals surface area contributed by atoms with Crippen LogP contribution in [0.5, 0.6) is 11.5 Å². The Labute approximate surface area is 126 Å². The smallest absolute Gasteiger partial charge is 0.508 e. The number of alkyl halides is 3. The van der Waals surface area contributed by atoms with Gasteiger partial charge in [0, 0.05) is 24.4 Å². The number of nitrogens with zero attached hydrogens (tertiary/aromatic N) is 2. The Kier molecular flexibility index (Phi) is 3.28. The lowest BCUT2D eigenvalue weighted by molar-refractivity contribution is -0.274. The zero-order valence-electron chi connectivity index (χ0n) is 11.7. The number of hydrogen-bond acceptors (Lipinski definition) is 4. The van der Waals surface area contributed by atoms with Gasteiger partial charge in [0.05, 0.1) is 6.33 Å². The Morgan fingerprint density at radius 2 is 2.04 bits per heavy atom. The third kappa shape index (κ3) is 2.72. The maximum absolute atomic E-state index is 12.6. The Morgan fingerprint density at radius 3 is 2.74 bits per heavy atom. The first kappa shape index (κ1) is 14.9. The molecule has 9 heteroatoms. The minimum atomic E-state index is -4.89. The maximum atomic E-state index is 12.6. The SMILES string of the molecule is Cn1cc(-c2cc(O)ccc2OC(F)(F)F)c2nc[nH]c(=O)c21. The van der Waals surface area contributed by atoms with Crippen LogP contribution in [0.1, 0.15) is 0 Å². The van der Waals surface area contributed by atoms with Crippen molar-refractivity contribution in [2.75, 3.05) is 0 Å². The number of fused-ring (bicyclic) bond motifs is 1. The number of phenolic OH excluding ortho intramolecular Hbond substituents is 1. The topological polar surface area (TPSA) is 80.1 Å².